The number of allylic oxidation sites excluding steroid dienone is 1. The molecule has 1 aliphatic carbocycles. The van der Waals surface area contributed by atoms with Gasteiger partial charge in [0.2, 0.25) is 0 Å². The number of rotatable bonds is 5. The molecule has 4 heteroatoms. The number of hydrogen-bond donors (Lipinski definition) is 0. The number of carbonyl (C=O) groups excluding carboxylic acids is 1. The van der Waals surface area contributed by atoms with E-state index in [0.717, 1.165) is 18.6 Å². The van der Waals surface area contributed by atoms with Crippen LogP contribution in [0.2, 0.25) is 0 Å². The van der Waals surface area contributed by atoms with Crippen molar-refractivity contribution in [2.45, 2.75) is 38.5 Å². The molecule has 88 valence electrons. The molecule has 0 aromatic carbocycles. The molecular formula is C12H18N2O2. The minimum Gasteiger partial charge on any atom is -0.453 e. The third-order valence-electron chi connectivity index (χ3n) is 2.85. The summed E-state index contributed by atoms with van der Waals surface area (Å²) in [6.07, 6.45) is 12.4. The summed E-state index contributed by atoms with van der Waals surface area (Å²) in [6, 6.07) is 0. The number of esters is 1. The van der Waals surface area contributed by atoms with Crippen LogP contribution in [0.4, 0.5) is 0 Å². The summed E-state index contributed by atoms with van der Waals surface area (Å²) >= 11 is 0. The molecule has 0 atom stereocenters. The van der Waals surface area contributed by atoms with Crippen molar-refractivity contribution in [1.29, 1.82) is 0 Å². The lowest BCUT2D eigenvalue weighted by Gasteiger charge is -2.19. The van der Waals surface area contributed by atoms with E-state index in [1.807, 2.05) is 6.08 Å². The summed E-state index contributed by atoms with van der Waals surface area (Å²) in [5.41, 5.74) is 8.06. The van der Waals surface area contributed by atoms with E-state index in [2.05, 4.69) is 10.9 Å². The molecule has 1 aliphatic rings. The quantitative estimate of drug-likeness (QED) is 0.236. The fourth-order valence-electron chi connectivity index (χ4n) is 1.99. The van der Waals surface area contributed by atoms with Gasteiger partial charge in [-0.3, -0.25) is 0 Å². The van der Waals surface area contributed by atoms with Crippen molar-refractivity contribution in [1.82, 2.24) is 0 Å². The van der Waals surface area contributed by atoms with Crippen molar-refractivity contribution < 1.29 is 14.3 Å². The van der Waals surface area contributed by atoms with Crippen molar-refractivity contribution in [2.24, 2.45) is 5.92 Å². The van der Waals surface area contributed by atoms with E-state index in [-0.39, 0.29) is 6.61 Å². The molecule has 4 nitrogen and oxygen atoms in total. The van der Waals surface area contributed by atoms with E-state index in [0.29, 0.717) is 0 Å². The molecule has 0 heterocycles. The van der Waals surface area contributed by atoms with Gasteiger partial charge in [-0.15, -0.1) is 0 Å². The van der Waals surface area contributed by atoms with Crippen LogP contribution >= 0.6 is 0 Å². The lowest BCUT2D eigenvalue weighted by molar-refractivity contribution is -0.137. The molecular weight excluding hydrogens is 204 g/mol. The number of carbonyl (C=O) groups is 1. The zero-order valence-corrected chi connectivity index (χ0v) is 9.47. The normalized spacial score (nSPS) is 17.0. The second-order valence-corrected chi connectivity index (χ2v) is 4.09. The molecule has 1 rings (SSSR count). The lowest BCUT2D eigenvalue weighted by Crippen LogP contribution is -2.06. The second-order valence-electron chi connectivity index (χ2n) is 4.09. The Morgan fingerprint density at radius 1 is 1.31 bits per heavy atom. The Kier molecular flexibility index (Phi) is 6.19. The topological polar surface area (TPSA) is 62.7 Å². The van der Waals surface area contributed by atoms with Crippen molar-refractivity contribution in [3.63, 3.8) is 0 Å². The van der Waals surface area contributed by atoms with Gasteiger partial charge >= 0.3 is 12.2 Å². The molecule has 0 N–H and O–H groups in total. The lowest BCUT2D eigenvalue weighted by atomic mass is 9.87. The SMILES string of the molecule is [N-]=[N+]=CC(=O)OC/C=C\CC1CCCCC1. The molecule has 0 bridgehead atoms. The maximum atomic E-state index is 10.7. The van der Waals surface area contributed by atoms with Crippen LogP contribution in [0.1, 0.15) is 38.5 Å². The second kappa shape index (κ2) is 7.83. The van der Waals surface area contributed by atoms with Gasteiger partial charge in [0.15, 0.2) is 0 Å². The minimum atomic E-state index is -0.621. The first-order valence-electron chi connectivity index (χ1n) is 5.82. The Morgan fingerprint density at radius 3 is 2.75 bits per heavy atom. The van der Waals surface area contributed by atoms with Gasteiger partial charge in [0.1, 0.15) is 6.61 Å². The monoisotopic (exact) mass is 222 g/mol. The minimum absolute atomic E-state index is 0.248. The highest BCUT2D eigenvalue weighted by atomic mass is 16.5. The average Bonchev–Trinajstić information content (AvgIpc) is 2.30. The summed E-state index contributed by atoms with van der Waals surface area (Å²) < 4.78 is 4.74. The zero-order valence-electron chi connectivity index (χ0n) is 9.47. The van der Waals surface area contributed by atoms with E-state index in [9.17, 15) is 4.79 Å². The first kappa shape index (κ1) is 12.7. The van der Waals surface area contributed by atoms with E-state index in [4.69, 9.17) is 10.3 Å². The van der Waals surface area contributed by atoms with Gasteiger partial charge in [0, 0.05) is 0 Å². The van der Waals surface area contributed by atoms with E-state index < -0.39 is 5.97 Å². The molecule has 16 heavy (non-hydrogen) atoms. The Morgan fingerprint density at radius 2 is 2.06 bits per heavy atom. The largest absolute Gasteiger partial charge is 0.453 e. The van der Waals surface area contributed by atoms with Crippen LogP contribution in [0.15, 0.2) is 12.2 Å². The van der Waals surface area contributed by atoms with Gasteiger partial charge in [-0.25, -0.2) is 4.79 Å². The van der Waals surface area contributed by atoms with Crippen molar-refractivity contribution in [3.8, 4) is 0 Å². The standard InChI is InChI=1S/C12H18N2O2/c13-14-10-12(15)16-9-5-4-8-11-6-2-1-3-7-11/h4-5,10-11H,1-3,6-9H2/b5-4-. The highest BCUT2D eigenvalue weighted by Gasteiger charge is 2.11. The summed E-state index contributed by atoms with van der Waals surface area (Å²) in [7, 11) is 0. The van der Waals surface area contributed by atoms with E-state index in [1.54, 1.807) is 0 Å². The number of ether oxygens (including phenoxy) is 1. The van der Waals surface area contributed by atoms with Gasteiger partial charge in [0.05, 0.1) is 0 Å². The molecule has 1 saturated carbocycles. The van der Waals surface area contributed by atoms with E-state index >= 15 is 0 Å². The Labute approximate surface area is 95.9 Å². The van der Waals surface area contributed by atoms with Gasteiger partial charge < -0.3 is 10.3 Å². The third kappa shape index (κ3) is 5.47. The van der Waals surface area contributed by atoms with Crippen molar-refractivity contribution >= 4 is 12.2 Å². The van der Waals surface area contributed by atoms with Crippen LogP contribution < -0.4 is 0 Å². The molecule has 0 unspecified atom stereocenters. The van der Waals surface area contributed by atoms with Gasteiger partial charge in [-0.1, -0.05) is 44.3 Å². The fraction of sp³-hybridized carbons (Fsp3) is 0.667. The third-order valence-corrected chi connectivity index (χ3v) is 2.85. The fourth-order valence-corrected chi connectivity index (χ4v) is 1.99. The van der Waals surface area contributed by atoms with Gasteiger partial charge in [-0.05, 0) is 12.3 Å². The first-order valence-corrected chi connectivity index (χ1v) is 5.82. The summed E-state index contributed by atoms with van der Waals surface area (Å²) in [5, 5.41) is 0. The van der Waals surface area contributed by atoms with Crippen molar-refractivity contribution in [3.05, 3.63) is 17.7 Å². The zero-order chi connectivity index (χ0) is 11.6. The first-order chi connectivity index (χ1) is 7.83. The molecule has 1 fully saturated rings. The highest BCUT2D eigenvalue weighted by Crippen LogP contribution is 2.26. The van der Waals surface area contributed by atoms with Crippen molar-refractivity contribution in [2.75, 3.05) is 6.61 Å². The average molecular weight is 222 g/mol. The molecule has 0 aromatic rings. The maximum Gasteiger partial charge on any atom is 0.413 e. The predicted molar refractivity (Wildman–Crippen MR) is 61.0 cm³/mol. The van der Waals surface area contributed by atoms with Crippen LogP contribution in [0.25, 0.3) is 5.53 Å². The summed E-state index contributed by atoms with van der Waals surface area (Å²) in [6.45, 7) is 0.248. The van der Waals surface area contributed by atoms with Gasteiger partial charge in [-0.2, -0.15) is 4.79 Å². The summed E-state index contributed by atoms with van der Waals surface area (Å²) in [5.74, 6) is 0.185. The Bertz CT molecular complexity index is 287. The Balaban J connectivity index is 2.07. The predicted octanol–water partition coefficient (Wildman–Crippen LogP) is 2.36. The maximum absolute atomic E-state index is 10.7. The smallest absolute Gasteiger partial charge is 0.413 e. The van der Waals surface area contributed by atoms with Gasteiger partial charge in [0.25, 0.3) is 0 Å². The van der Waals surface area contributed by atoms with Crippen LogP contribution in [0.3, 0.4) is 0 Å². The molecule has 0 aromatic heterocycles. The number of hydrogen-bond acceptors (Lipinski definition) is 2. The molecule has 0 spiro atoms. The molecule has 0 amide bonds. The molecule has 0 radical (unpaired) electrons. The molecule has 0 saturated heterocycles. The van der Waals surface area contributed by atoms with Crippen LogP contribution in [0, 0.1) is 5.92 Å². The van der Waals surface area contributed by atoms with Crippen LogP contribution in [-0.2, 0) is 9.53 Å². The number of nitrogens with zero attached hydrogens (tertiary/aromatic N) is 2. The van der Waals surface area contributed by atoms with E-state index in [1.165, 1.54) is 32.1 Å². The summed E-state index contributed by atoms with van der Waals surface area (Å²) in [4.78, 5) is 13.3. The highest BCUT2D eigenvalue weighted by molar-refractivity contribution is 6.20. The van der Waals surface area contributed by atoms with Crippen LogP contribution in [-0.4, -0.2) is 23.6 Å². The molecule has 0 aliphatic heterocycles. The Hall–Kier alpha value is -1.41. The van der Waals surface area contributed by atoms with Crippen LogP contribution in [0.5, 0.6) is 0 Å².